The summed E-state index contributed by atoms with van der Waals surface area (Å²) in [4.78, 5) is 0. The molecule has 0 radical (unpaired) electrons. The predicted molar refractivity (Wildman–Crippen MR) is 135 cm³/mol. The fourth-order valence-electron chi connectivity index (χ4n) is 7.05. The second-order valence-electron chi connectivity index (χ2n) is 12.4. The van der Waals surface area contributed by atoms with E-state index in [0.29, 0.717) is 17.8 Å². The summed E-state index contributed by atoms with van der Waals surface area (Å²) in [7, 11) is -3.43. The first-order valence-electron chi connectivity index (χ1n) is 12.1. The normalized spacial score (nSPS) is 35.0. The first kappa shape index (κ1) is 22.9. The van der Waals surface area contributed by atoms with Gasteiger partial charge < -0.3 is 14.6 Å². The molecule has 1 aromatic rings. The third-order valence-corrected chi connectivity index (χ3v) is 9.96. The van der Waals surface area contributed by atoms with Gasteiger partial charge in [0.25, 0.3) is 0 Å². The van der Waals surface area contributed by atoms with Crippen LogP contribution in [0, 0.1) is 29.6 Å². The molecule has 0 saturated heterocycles. The topological polar surface area (TPSA) is 44.5 Å². The zero-order valence-electron chi connectivity index (χ0n) is 20.6. The molecule has 5 heteroatoms. The van der Waals surface area contributed by atoms with Crippen molar-refractivity contribution in [3.8, 4) is 18.1 Å². The molecule has 0 aliphatic heterocycles. The Morgan fingerprint density at radius 1 is 1.03 bits per heavy atom. The largest absolute Gasteiger partial charge is 0.543 e. The second kappa shape index (κ2) is 7.40. The number of nitrogen functional groups attached to an aromatic ring is 1. The van der Waals surface area contributed by atoms with Crippen molar-refractivity contribution < 1.29 is 8.85 Å². The van der Waals surface area contributed by atoms with Crippen molar-refractivity contribution in [3.63, 3.8) is 0 Å². The minimum atomic E-state index is -1.74. The van der Waals surface area contributed by atoms with E-state index in [9.17, 15) is 0 Å². The average Bonchev–Trinajstić information content (AvgIpc) is 2.94. The smallest absolute Gasteiger partial charge is 0.242 e. The van der Waals surface area contributed by atoms with E-state index in [-0.39, 0.29) is 11.0 Å². The lowest BCUT2D eigenvalue weighted by Gasteiger charge is -2.54. The number of rotatable bonds is 4. The van der Waals surface area contributed by atoms with E-state index < -0.39 is 16.6 Å². The van der Waals surface area contributed by atoms with Gasteiger partial charge in [-0.25, -0.2) is 0 Å². The van der Waals surface area contributed by atoms with Crippen LogP contribution in [0.3, 0.4) is 0 Å². The number of hydrogen-bond donors (Lipinski definition) is 1. The Morgan fingerprint density at radius 3 is 2.35 bits per heavy atom. The summed E-state index contributed by atoms with van der Waals surface area (Å²) < 4.78 is 13.1. The van der Waals surface area contributed by atoms with E-state index in [0.717, 1.165) is 30.7 Å². The highest BCUT2D eigenvalue weighted by atomic mass is 28.4. The molecule has 3 aliphatic carbocycles. The molecule has 4 rings (SSSR count). The van der Waals surface area contributed by atoms with E-state index in [1.165, 1.54) is 30.4 Å². The van der Waals surface area contributed by atoms with Crippen LogP contribution in [0.2, 0.25) is 39.3 Å². The Bertz CT molecular complexity index is 910. The second-order valence-corrected chi connectivity index (χ2v) is 21.2. The predicted octanol–water partition coefficient (Wildman–Crippen LogP) is 6.56. The van der Waals surface area contributed by atoms with Crippen molar-refractivity contribution in [1.82, 2.24) is 0 Å². The maximum absolute atomic E-state index is 6.81. The van der Waals surface area contributed by atoms with Crippen LogP contribution in [0.25, 0.3) is 0 Å². The van der Waals surface area contributed by atoms with Crippen LogP contribution < -0.4 is 10.2 Å². The quantitative estimate of drug-likeness (QED) is 0.317. The van der Waals surface area contributed by atoms with Crippen molar-refractivity contribution in [3.05, 3.63) is 23.3 Å². The number of terminal acetylenes is 1. The molecule has 31 heavy (non-hydrogen) atoms. The fraction of sp³-hybridized carbons (Fsp3) is 0.692. The Morgan fingerprint density at radius 2 is 1.74 bits per heavy atom. The number of nitrogens with two attached hydrogens (primary N) is 1. The van der Waals surface area contributed by atoms with Crippen LogP contribution in [0.1, 0.15) is 56.1 Å². The molecule has 170 valence electrons. The van der Waals surface area contributed by atoms with Gasteiger partial charge in [-0.15, -0.1) is 6.42 Å². The maximum Gasteiger partial charge on any atom is 0.242 e. The van der Waals surface area contributed by atoms with Crippen LogP contribution in [-0.2, 0) is 10.8 Å². The maximum atomic E-state index is 6.81. The summed E-state index contributed by atoms with van der Waals surface area (Å²) >= 11 is 0. The Hall–Kier alpha value is -1.23. The standard InChI is InChI=1S/C26H41NO2Si2/c1-9-26(29-31(6,7)8)17-15-22-20-10-11-21-18(19(20)14-16-25(22,26)2)12-13-23(24(21)27)28-30(3,4)5/h1,12-13,19-20,22H,10-11,14-17,27H2,2-8H3/t19-,20-,22+,25+,26?/m1/s1. The monoisotopic (exact) mass is 455 g/mol. The van der Waals surface area contributed by atoms with E-state index >= 15 is 0 Å². The van der Waals surface area contributed by atoms with Gasteiger partial charge in [0, 0.05) is 5.41 Å². The van der Waals surface area contributed by atoms with Crippen molar-refractivity contribution in [2.75, 3.05) is 5.73 Å². The molecule has 3 nitrogen and oxygen atoms in total. The molecule has 2 fully saturated rings. The highest BCUT2D eigenvalue weighted by Gasteiger charge is 2.63. The molecule has 3 aliphatic rings. The highest BCUT2D eigenvalue weighted by Crippen LogP contribution is 2.65. The summed E-state index contributed by atoms with van der Waals surface area (Å²) in [5, 5.41) is 0. The van der Waals surface area contributed by atoms with Crippen molar-refractivity contribution >= 4 is 22.3 Å². The van der Waals surface area contributed by atoms with Gasteiger partial charge in [-0.3, -0.25) is 0 Å². The molecule has 0 spiro atoms. The van der Waals surface area contributed by atoms with Gasteiger partial charge >= 0.3 is 0 Å². The molecule has 2 N–H and O–H groups in total. The number of benzene rings is 1. The third-order valence-electron chi connectivity index (χ3n) is 8.17. The first-order valence-corrected chi connectivity index (χ1v) is 18.9. The lowest BCUT2D eigenvalue weighted by molar-refractivity contribution is -0.0537. The molecule has 2 saturated carbocycles. The van der Waals surface area contributed by atoms with Crippen molar-refractivity contribution in [2.24, 2.45) is 17.3 Å². The number of anilines is 1. The Labute approximate surface area is 191 Å². The summed E-state index contributed by atoms with van der Waals surface area (Å²) in [6.45, 7) is 15.9. The van der Waals surface area contributed by atoms with Gasteiger partial charge in [-0.2, -0.15) is 0 Å². The zero-order valence-corrected chi connectivity index (χ0v) is 22.6. The fourth-order valence-corrected chi connectivity index (χ4v) is 9.32. The van der Waals surface area contributed by atoms with Gasteiger partial charge in [0.05, 0.1) is 5.69 Å². The van der Waals surface area contributed by atoms with E-state index in [4.69, 9.17) is 21.0 Å². The molecule has 0 aromatic heterocycles. The van der Waals surface area contributed by atoms with E-state index in [2.05, 4.69) is 64.3 Å². The summed E-state index contributed by atoms with van der Waals surface area (Å²) in [6, 6.07) is 4.46. The molecule has 0 bridgehead atoms. The van der Waals surface area contributed by atoms with E-state index in [1.807, 2.05) is 0 Å². The average molecular weight is 456 g/mol. The molecular weight excluding hydrogens is 414 g/mol. The van der Waals surface area contributed by atoms with E-state index in [1.54, 1.807) is 0 Å². The van der Waals surface area contributed by atoms with Crippen LogP contribution >= 0.6 is 0 Å². The number of fused-ring (bicyclic) bond motifs is 5. The SMILES string of the molecule is C#CC1(O[Si](C)(C)C)CC[C@H]2[C@@H]3CCc4c(ccc(O[Si](C)(C)C)c4N)[C@H]3CC[C@@]21C. The van der Waals surface area contributed by atoms with Crippen LogP contribution in [-0.4, -0.2) is 22.2 Å². The van der Waals surface area contributed by atoms with Crippen molar-refractivity contribution in [2.45, 2.75) is 96.2 Å². The summed E-state index contributed by atoms with van der Waals surface area (Å²) in [5.41, 5.74) is 10.1. The zero-order chi connectivity index (χ0) is 22.8. The van der Waals surface area contributed by atoms with Crippen molar-refractivity contribution in [1.29, 1.82) is 0 Å². The third kappa shape index (κ3) is 3.79. The van der Waals surface area contributed by atoms with Crippen LogP contribution in [0.5, 0.6) is 5.75 Å². The molecule has 1 unspecified atom stereocenters. The van der Waals surface area contributed by atoms with Gasteiger partial charge in [0.2, 0.25) is 8.32 Å². The number of hydrogen-bond acceptors (Lipinski definition) is 3. The van der Waals surface area contributed by atoms with Crippen LogP contribution in [0.15, 0.2) is 12.1 Å². The summed E-state index contributed by atoms with van der Waals surface area (Å²) in [6.07, 6.45) is 13.0. The van der Waals surface area contributed by atoms with Crippen LogP contribution in [0.4, 0.5) is 5.69 Å². The molecule has 5 atom stereocenters. The Balaban J connectivity index is 1.66. The molecule has 1 aromatic carbocycles. The van der Waals surface area contributed by atoms with Gasteiger partial charge in [0.15, 0.2) is 8.32 Å². The Kier molecular flexibility index (Phi) is 5.48. The highest BCUT2D eigenvalue weighted by molar-refractivity contribution is 6.70. The van der Waals surface area contributed by atoms with Gasteiger partial charge in [-0.05, 0) is 113 Å². The summed E-state index contributed by atoms with van der Waals surface area (Å²) in [5.74, 6) is 6.00. The van der Waals surface area contributed by atoms with Gasteiger partial charge in [0.1, 0.15) is 11.4 Å². The molecule has 0 heterocycles. The lowest BCUT2D eigenvalue weighted by atomic mass is 9.53. The van der Waals surface area contributed by atoms with Gasteiger partial charge in [-0.1, -0.05) is 18.9 Å². The molecular formula is C26H41NO2Si2. The minimum Gasteiger partial charge on any atom is -0.543 e. The lowest BCUT2D eigenvalue weighted by Crippen LogP contribution is -2.54. The molecule has 0 amide bonds. The minimum absolute atomic E-state index is 0.0765. The first-order chi connectivity index (χ1) is 14.3.